The number of aliphatic carboxylic acids is 1. The Kier molecular flexibility index (Phi) is 3.96. The van der Waals surface area contributed by atoms with Crippen molar-refractivity contribution in [3.05, 3.63) is 34.6 Å². The lowest BCUT2D eigenvalue weighted by Crippen LogP contribution is -2.64. The van der Waals surface area contributed by atoms with Crippen LogP contribution in [0.3, 0.4) is 0 Å². The van der Waals surface area contributed by atoms with Crippen LogP contribution in [0.2, 0.25) is 5.02 Å². The number of nitrogens with one attached hydrogen (secondary N) is 1. The Labute approximate surface area is 119 Å². The first-order chi connectivity index (χ1) is 9.38. The lowest BCUT2D eigenvalue weighted by Gasteiger charge is -2.43. The molecule has 1 aliphatic carbocycles. The van der Waals surface area contributed by atoms with Crippen LogP contribution in [0.5, 0.6) is 0 Å². The monoisotopic (exact) mass is 301 g/mol. The van der Waals surface area contributed by atoms with E-state index in [4.69, 9.17) is 16.3 Å². The van der Waals surface area contributed by atoms with Crippen molar-refractivity contribution in [2.45, 2.75) is 24.5 Å². The first kappa shape index (κ1) is 14.7. The van der Waals surface area contributed by atoms with Crippen LogP contribution in [-0.2, 0) is 9.53 Å². The molecule has 0 aliphatic heterocycles. The van der Waals surface area contributed by atoms with Crippen molar-refractivity contribution in [3.8, 4) is 0 Å². The molecular formula is C13H13ClFNO4. The van der Waals surface area contributed by atoms with Gasteiger partial charge in [0, 0.05) is 25.0 Å². The van der Waals surface area contributed by atoms with Gasteiger partial charge in [0.25, 0.3) is 5.91 Å². The molecule has 2 rings (SSSR count). The summed E-state index contributed by atoms with van der Waals surface area (Å²) in [6.07, 6.45) is 0.0649. The van der Waals surface area contributed by atoms with Gasteiger partial charge in [0.15, 0.2) is 0 Å². The third-order valence-electron chi connectivity index (χ3n) is 3.42. The van der Waals surface area contributed by atoms with Gasteiger partial charge in [-0.1, -0.05) is 11.6 Å². The normalized spacial score (nSPS) is 24.9. The maximum atomic E-state index is 13.6. The molecule has 1 aromatic rings. The Morgan fingerprint density at radius 2 is 2.15 bits per heavy atom. The fourth-order valence-corrected chi connectivity index (χ4v) is 2.34. The second-order valence-electron chi connectivity index (χ2n) is 4.73. The van der Waals surface area contributed by atoms with E-state index in [0.717, 1.165) is 12.1 Å². The van der Waals surface area contributed by atoms with Gasteiger partial charge in [-0.3, -0.25) is 4.79 Å². The quantitative estimate of drug-likeness (QED) is 0.890. The highest BCUT2D eigenvalue weighted by Crippen LogP contribution is 2.35. The predicted molar refractivity (Wildman–Crippen MR) is 69.3 cm³/mol. The minimum Gasteiger partial charge on any atom is -0.480 e. The average molecular weight is 302 g/mol. The van der Waals surface area contributed by atoms with Gasteiger partial charge in [-0.25, -0.2) is 9.18 Å². The molecule has 1 fully saturated rings. The number of amides is 1. The highest BCUT2D eigenvalue weighted by molar-refractivity contribution is 6.31. The summed E-state index contributed by atoms with van der Waals surface area (Å²) >= 11 is 5.71. The number of carbonyl (C=O) groups is 2. The Morgan fingerprint density at radius 1 is 1.50 bits per heavy atom. The Hall–Kier alpha value is -1.66. The lowest BCUT2D eigenvalue weighted by atomic mass is 9.74. The second-order valence-corrected chi connectivity index (χ2v) is 5.17. The number of hydrogen-bond acceptors (Lipinski definition) is 3. The van der Waals surface area contributed by atoms with Crippen LogP contribution >= 0.6 is 11.6 Å². The maximum absolute atomic E-state index is 13.6. The highest BCUT2D eigenvalue weighted by atomic mass is 35.5. The van der Waals surface area contributed by atoms with E-state index in [-0.39, 0.29) is 29.5 Å². The number of benzene rings is 1. The van der Waals surface area contributed by atoms with Crippen LogP contribution in [0.1, 0.15) is 23.2 Å². The number of ether oxygens (including phenoxy) is 1. The largest absolute Gasteiger partial charge is 0.480 e. The molecule has 0 unspecified atom stereocenters. The Morgan fingerprint density at radius 3 is 2.70 bits per heavy atom. The molecule has 0 atom stereocenters. The van der Waals surface area contributed by atoms with E-state index in [9.17, 15) is 19.1 Å². The standard InChI is InChI=1S/C13H13ClFNO4/c1-20-8-5-13(6-8,12(18)19)16-11(17)9-4-7(14)2-3-10(9)15/h2-4,8H,5-6H2,1H3,(H,16,17)(H,18,19). The van der Waals surface area contributed by atoms with Crippen LogP contribution in [0.4, 0.5) is 4.39 Å². The molecule has 1 saturated carbocycles. The number of halogens is 2. The van der Waals surface area contributed by atoms with Gasteiger partial charge in [-0.2, -0.15) is 0 Å². The van der Waals surface area contributed by atoms with Crippen LogP contribution < -0.4 is 5.32 Å². The minimum absolute atomic E-state index is 0.146. The van der Waals surface area contributed by atoms with Gasteiger partial charge in [-0.05, 0) is 18.2 Å². The summed E-state index contributed by atoms with van der Waals surface area (Å²) in [7, 11) is 1.47. The SMILES string of the molecule is COC1CC(NC(=O)c2cc(Cl)ccc2F)(C(=O)O)C1. The van der Waals surface area contributed by atoms with E-state index < -0.39 is 23.2 Å². The zero-order valence-electron chi connectivity index (χ0n) is 10.7. The molecule has 0 aromatic heterocycles. The molecule has 1 aromatic carbocycles. The molecule has 0 radical (unpaired) electrons. The fraction of sp³-hybridized carbons (Fsp3) is 0.385. The van der Waals surface area contributed by atoms with E-state index in [1.165, 1.54) is 13.2 Å². The molecular weight excluding hydrogens is 289 g/mol. The molecule has 1 amide bonds. The first-order valence-corrected chi connectivity index (χ1v) is 6.29. The van der Waals surface area contributed by atoms with Crippen molar-refractivity contribution < 1.29 is 23.8 Å². The van der Waals surface area contributed by atoms with Crippen molar-refractivity contribution in [2.24, 2.45) is 0 Å². The fourth-order valence-electron chi connectivity index (χ4n) is 2.17. The molecule has 20 heavy (non-hydrogen) atoms. The zero-order valence-corrected chi connectivity index (χ0v) is 11.4. The second kappa shape index (κ2) is 5.38. The number of methoxy groups -OCH3 is 1. The highest BCUT2D eigenvalue weighted by Gasteiger charge is 2.52. The van der Waals surface area contributed by atoms with Crippen molar-refractivity contribution in [1.82, 2.24) is 5.32 Å². The van der Waals surface area contributed by atoms with Gasteiger partial charge < -0.3 is 15.2 Å². The summed E-state index contributed by atoms with van der Waals surface area (Å²) in [4.78, 5) is 23.3. The van der Waals surface area contributed by atoms with Crippen LogP contribution in [0.25, 0.3) is 0 Å². The molecule has 0 spiro atoms. The van der Waals surface area contributed by atoms with Gasteiger partial charge in [0.2, 0.25) is 0 Å². The Bertz CT molecular complexity index is 557. The van der Waals surface area contributed by atoms with E-state index in [2.05, 4.69) is 5.32 Å². The van der Waals surface area contributed by atoms with Crippen molar-refractivity contribution >= 4 is 23.5 Å². The van der Waals surface area contributed by atoms with Gasteiger partial charge in [-0.15, -0.1) is 0 Å². The van der Waals surface area contributed by atoms with Crippen molar-refractivity contribution in [3.63, 3.8) is 0 Å². The first-order valence-electron chi connectivity index (χ1n) is 5.92. The van der Waals surface area contributed by atoms with E-state index in [1.807, 2.05) is 0 Å². The smallest absolute Gasteiger partial charge is 0.329 e. The molecule has 5 nitrogen and oxygen atoms in total. The topological polar surface area (TPSA) is 75.6 Å². The molecule has 0 heterocycles. The van der Waals surface area contributed by atoms with Crippen molar-refractivity contribution in [2.75, 3.05) is 7.11 Å². The number of carbonyl (C=O) groups excluding carboxylic acids is 1. The average Bonchev–Trinajstić information content (AvgIpc) is 2.35. The molecule has 2 N–H and O–H groups in total. The third-order valence-corrected chi connectivity index (χ3v) is 3.66. The van der Waals surface area contributed by atoms with Crippen LogP contribution in [-0.4, -0.2) is 35.7 Å². The summed E-state index contributed by atoms with van der Waals surface area (Å²) in [6.45, 7) is 0. The van der Waals surface area contributed by atoms with Crippen LogP contribution in [0.15, 0.2) is 18.2 Å². The minimum atomic E-state index is -1.41. The number of carboxylic acid groups (broad SMARTS) is 1. The van der Waals surface area contributed by atoms with E-state index in [1.54, 1.807) is 0 Å². The molecule has 108 valence electrons. The molecule has 0 bridgehead atoms. The van der Waals surface area contributed by atoms with Gasteiger partial charge in [0.1, 0.15) is 11.4 Å². The lowest BCUT2D eigenvalue weighted by molar-refractivity contribution is -0.155. The summed E-state index contributed by atoms with van der Waals surface area (Å²) in [6, 6.07) is 3.53. The predicted octanol–water partition coefficient (Wildman–Crippen LogP) is 1.84. The number of carboxylic acids is 1. The van der Waals surface area contributed by atoms with Gasteiger partial charge >= 0.3 is 5.97 Å². The van der Waals surface area contributed by atoms with E-state index >= 15 is 0 Å². The zero-order chi connectivity index (χ0) is 14.9. The summed E-state index contributed by atoms with van der Waals surface area (Å²) in [5.41, 5.74) is -1.69. The molecule has 0 saturated heterocycles. The number of hydrogen-bond donors (Lipinski definition) is 2. The maximum Gasteiger partial charge on any atom is 0.329 e. The van der Waals surface area contributed by atoms with E-state index in [0.29, 0.717) is 0 Å². The number of rotatable bonds is 4. The summed E-state index contributed by atoms with van der Waals surface area (Å²) in [5.74, 6) is -2.72. The third kappa shape index (κ3) is 2.62. The molecule has 7 heteroatoms. The summed E-state index contributed by atoms with van der Waals surface area (Å²) in [5, 5.41) is 11.8. The summed E-state index contributed by atoms with van der Waals surface area (Å²) < 4.78 is 18.6. The van der Waals surface area contributed by atoms with Gasteiger partial charge in [0.05, 0.1) is 11.7 Å². The van der Waals surface area contributed by atoms with Crippen molar-refractivity contribution in [1.29, 1.82) is 0 Å². The Balaban J connectivity index is 2.18. The molecule has 1 aliphatic rings. The van der Waals surface area contributed by atoms with Crippen LogP contribution in [0, 0.1) is 5.82 Å².